The highest BCUT2D eigenvalue weighted by Gasteiger charge is 2.24. The van der Waals surface area contributed by atoms with Crippen molar-refractivity contribution in [1.82, 2.24) is 0 Å². The van der Waals surface area contributed by atoms with Crippen LogP contribution in [0, 0.1) is 11.7 Å². The van der Waals surface area contributed by atoms with Crippen molar-refractivity contribution < 1.29 is 14.2 Å². The molecule has 1 heterocycles. The minimum absolute atomic E-state index is 0. The summed E-state index contributed by atoms with van der Waals surface area (Å²) >= 11 is 0. The van der Waals surface area contributed by atoms with E-state index in [0.29, 0.717) is 18.8 Å². The summed E-state index contributed by atoms with van der Waals surface area (Å²) in [5, 5.41) is 9.61. The van der Waals surface area contributed by atoms with Gasteiger partial charge < -0.3 is 15.6 Å². The maximum absolute atomic E-state index is 13.2. The molecule has 2 rings (SSSR count). The van der Waals surface area contributed by atoms with Gasteiger partial charge >= 0.3 is 0 Å². The molecule has 5 heteroatoms. The molecule has 0 amide bonds. The lowest BCUT2D eigenvalue weighted by atomic mass is 9.87. The predicted octanol–water partition coefficient (Wildman–Crippen LogP) is 2.38. The lowest BCUT2D eigenvalue weighted by molar-refractivity contribution is 0.0580. The molecular weight excluding hydrogens is 245 g/mol. The summed E-state index contributed by atoms with van der Waals surface area (Å²) in [5.74, 6) is -0.678. The van der Waals surface area contributed by atoms with E-state index in [-0.39, 0.29) is 30.1 Å². The number of benzene rings is 1. The molecule has 1 fully saturated rings. The number of ether oxygens (including phenoxy) is 1. The van der Waals surface area contributed by atoms with Gasteiger partial charge in [0.25, 0.3) is 0 Å². The minimum Gasteiger partial charge on any atom is -0.505 e. The van der Waals surface area contributed by atoms with Crippen molar-refractivity contribution in [3.63, 3.8) is 0 Å². The lowest BCUT2D eigenvalue weighted by Gasteiger charge is -2.28. The summed E-state index contributed by atoms with van der Waals surface area (Å²) in [4.78, 5) is 0. The van der Waals surface area contributed by atoms with Crippen LogP contribution in [0.15, 0.2) is 18.2 Å². The van der Waals surface area contributed by atoms with Crippen molar-refractivity contribution in [3.05, 3.63) is 29.6 Å². The molecule has 17 heavy (non-hydrogen) atoms. The Labute approximate surface area is 106 Å². The average molecular weight is 262 g/mol. The first kappa shape index (κ1) is 14.2. The number of rotatable bonds is 2. The first-order valence-corrected chi connectivity index (χ1v) is 5.51. The smallest absolute Gasteiger partial charge is 0.165 e. The third-order valence-corrected chi connectivity index (χ3v) is 3.15. The Morgan fingerprint density at radius 2 is 2.00 bits per heavy atom. The molecule has 0 unspecified atom stereocenters. The van der Waals surface area contributed by atoms with Gasteiger partial charge in [0.05, 0.1) is 0 Å². The molecule has 3 nitrogen and oxygen atoms in total. The minimum atomic E-state index is -0.611. The molecule has 1 aliphatic heterocycles. The van der Waals surface area contributed by atoms with Gasteiger partial charge in [-0.05, 0) is 24.8 Å². The number of hydrogen-bond acceptors (Lipinski definition) is 3. The van der Waals surface area contributed by atoms with Gasteiger partial charge in [-0.15, -0.1) is 12.4 Å². The van der Waals surface area contributed by atoms with Crippen LogP contribution in [0.25, 0.3) is 0 Å². The zero-order valence-electron chi connectivity index (χ0n) is 9.43. The van der Waals surface area contributed by atoms with Gasteiger partial charge in [0.1, 0.15) is 0 Å². The maximum Gasteiger partial charge on any atom is 0.165 e. The predicted molar refractivity (Wildman–Crippen MR) is 65.8 cm³/mol. The van der Waals surface area contributed by atoms with E-state index in [4.69, 9.17) is 10.5 Å². The van der Waals surface area contributed by atoms with Gasteiger partial charge in [-0.1, -0.05) is 12.1 Å². The summed E-state index contributed by atoms with van der Waals surface area (Å²) in [6, 6.07) is 4.16. The fourth-order valence-corrected chi connectivity index (χ4v) is 2.13. The number of phenols is 1. The first-order valence-electron chi connectivity index (χ1n) is 5.51. The van der Waals surface area contributed by atoms with Crippen LogP contribution < -0.4 is 5.73 Å². The number of phenolic OH excluding ortho intramolecular Hbond substituents is 1. The molecule has 1 aliphatic rings. The van der Waals surface area contributed by atoms with Gasteiger partial charge in [-0.25, -0.2) is 4.39 Å². The highest BCUT2D eigenvalue weighted by atomic mass is 35.5. The van der Waals surface area contributed by atoms with Gasteiger partial charge in [-0.2, -0.15) is 0 Å². The van der Waals surface area contributed by atoms with Gasteiger partial charge in [0, 0.05) is 24.8 Å². The van der Waals surface area contributed by atoms with Crippen LogP contribution in [-0.4, -0.2) is 18.3 Å². The molecule has 3 N–H and O–H groups in total. The second kappa shape index (κ2) is 6.19. The average Bonchev–Trinajstić information content (AvgIpc) is 2.33. The van der Waals surface area contributed by atoms with Crippen molar-refractivity contribution in [3.8, 4) is 5.75 Å². The molecule has 1 saturated heterocycles. The van der Waals surface area contributed by atoms with Crippen molar-refractivity contribution in [1.29, 1.82) is 0 Å². The third kappa shape index (κ3) is 3.09. The number of halogens is 2. The maximum atomic E-state index is 13.2. The van der Waals surface area contributed by atoms with E-state index in [1.165, 1.54) is 6.07 Å². The summed E-state index contributed by atoms with van der Waals surface area (Å²) in [5.41, 5.74) is 6.55. The Kier molecular flexibility index (Phi) is 5.18. The number of para-hydroxylation sites is 1. The highest BCUT2D eigenvalue weighted by Crippen LogP contribution is 2.33. The summed E-state index contributed by atoms with van der Waals surface area (Å²) in [7, 11) is 0. The van der Waals surface area contributed by atoms with Crippen LogP contribution in [0.1, 0.15) is 24.4 Å². The highest BCUT2D eigenvalue weighted by molar-refractivity contribution is 5.85. The number of hydrogen-bond donors (Lipinski definition) is 2. The van der Waals surface area contributed by atoms with E-state index in [9.17, 15) is 9.50 Å². The van der Waals surface area contributed by atoms with Crippen molar-refractivity contribution in [2.75, 3.05) is 13.2 Å². The number of nitrogens with two attached hydrogens (primary N) is 1. The fraction of sp³-hybridized carbons (Fsp3) is 0.500. The third-order valence-electron chi connectivity index (χ3n) is 3.15. The standard InChI is InChI=1S/C12H16FNO2.ClH/c13-10-3-1-2-9(12(10)15)11(14)8-4-6-16-7-5-8;/h1-3,8,11,15H,4-7,14H2;1H/t11-;/m1./s1. The molecule has 1 aromatic carbocycles. The van der Waals surface area contributed by atoms with Crippen LogP contribution in [0.3, 0.4) is 0 Å². The Bertz CT molecular complexity index is 370. The topological polar surface area (TPSA) is 55.5 Å². The van der Waals surface area contributed by atoms with Crippen LogP contribution in [0.2, 0.25) is 0 Å². The summed E-state index contributed by atoms with van der Waals surface area (Å²) < 4.78 is 18.4. The second-order valence-electron chi connectivity index (χ2n) is 4.15. The molecule has 0 saturated carbocycles. The fourth-order valence-electron chi connectivity index (χ4n) is 2.13. The molecule has 0 aromatic heterocycles. The van der Waals surface area contributed by atoms with Crippen LogP contribution in [0.4, 0.5) is 4.39 Å². The molecular formula is C12H17ClFNO2. The van der Waals surface area contributed by atoms with E-state index in [1.807, 2.05) is 0 Å². The molecule has 1 atom stereocenters. The van der Waals surface area contributed by atoms with E-state index in [1.54, 1.807) is 12.1 Å². The van der Waals surface area contributed by atoms with Crippen molar-refractivity contribution >= 4 is 12.4 Å². The van der Waals surface area contributed by atoms with Crippen LogP contribution in [0.5, 0.6) is 5.75 Å². The molecule has 0 aliphatic carbocycles. The molecule has 0 spiro atoms. The SMILES string of the molecule is Cl.N[C@@H](c1cccc(F)c1O)C1CCOCC1. The molecule has 96 valence electrons. The van der Waals surface area contributed by atoms with Crippen LogP contribution >= 0.6 is 12.4 Å². The largest absolute Gasteiger partial charge is 0.505 e. The Hall–Kier alpha value is -0.840. The quantitative estimate of drug-likeness (QED) is 0.859. The lowest BCUT2D eigenvalue weighted by Crippen LogP contribution is -2.27. The first-order chi connectivity index (χ1) is 7.70. The zero-order chi connectivity index (χ0) is 11.5. The summed E-state index contributed by atoms with van der Waals surface area (Å²) in [6.45, 7) is 1.38. The number of aromatic hydroxyl groups is 1. The van der Waals surface area contributed by atoms with Crippen molar-refractivity contribution in [2.45, 2.75) is 18.9 Å². The monoisotopic (exact) mass is 261 g/mol. The Morgan fingerprint density at radius 1 is 1.35 bits per heavy atom. The van der Waals surface area contributed by atoms with E-state index in [2.05, 4.69) is 0 Å². The van der Waals surface area contributed by atoms with E-state index >= 15 is 0 Å². The van der Waals surface area contributed by atoms with E-state index in [0.717, 1.165) is 12.8 Å². The zero-order valence-corrected chi connectivity index (χ0v) is 10.3. The van der Waals surface area contributed by atoms with Crippen LogP contribution in [-0.2, 0) is 4.74 Å². The molecule has 0 radical (unpaired) electrons. The molecule has 1 aromatic rings. The van der Waals surface area contributed by atoms with Gasteiger partial charge in [0.15, 0.2) is 11.6 Å². The van der Waals surface area contributed by atoms with Crippen molar-refractivity contribution in [2.24, 2.45) is 11.7 Å². The summed E-state index contributed by atoms with van der Waals surface area (Å²) in [6.07, 6.45) is 1.72. The van der Waals surface area contributed by atoms with Gasteiger partial charge in [0.2, 0.25) is 0 Å². The normalized spacial score (nSPS) is 18.5. The molecule has 0 bridgehead atoms. The Morgan fingerprint density at radius 3 is 2.65 bits per heavy atom. The van der Waals surface area contributed by atoms with E-state index < -0.39 is 5.82 Å². The second-order valence-corrected chi connectivity index (χ2v) is 4.15. The Balaban J connectivity index is 0.00000144. The van der Waals surface area contributed by atoms with Gasteiger partial charge in [-0.3, -0.25) is 0 Å².